The molecule has 0 aliphatic carbocycles. The Morgan fingerprint density at radius 1 is 0.975 bits per heavy atom. The molecule has 0 saturated heterocycles. The van der Waals surface area contributed by atoms with Crippen molar-refractivity contribution >= 4 is 39.1 Å². The summed E-state index contributed by atoms with van der Waals surface area (Å²) in [6.07, 6.45) is 2.99. The van der Waals surface area contributed by atoms with E-state index in [2.05, 4.69) is 5.32 Å². The molecule has 1 atom stereocenters. The van der Waals surface area contributed by atoms with Crippen LogP contribution < -0.4 is 14.4 Å². The number of ether oxygens (including phenoxy) is 1. The van der Waals surface area contributed by atoms with Gasteiger partial charge in [0.2, 0.25) is 21.8 Å². The average molecular weight is 586 g/mol. The number of amides is 2. The maximum atomic E-state index is 14.1. The number of hydrogen-bond acceptors (Lipinski definition) is 5. The first-order valence-corrected chi connectivity index (χ1v) is 15.3. The molecule has 2 amide bonds. The third kappa shape index (κ3) is 8.99. The van der Waals surface area contributed by atoms with Crippen LogP contribution in [0.4, 0.5) is 5.69 Å². The molecule has 0 fully saturated rings. The van der Waals surface area contributed by atoms with Gasteiger partial charge >= 0.3 is 0 Å². The second kappa shape index (κ2) is 14.7. The van der Waals surface area contributed by atoms with E-state index in [0.29, 0.717) is 22.9 Å². The van der Waals surface area contributed by atoms with Crippen LogP contribution in [-0.4, -0.2) is 57.6 Å². The van der Waals surface area contributed by atoms with E-state index in [-0.39, 0.29) is 24.6 Å². The molecule has 0 spiro atoms. The normalized spacial score (nSPS) is 11.9. The fourth-order valence-corrected chi connectivity index (χ4v) is 5.33. The second-order valence-electron chi connectivity index (χ2n) is 9.47. The van der Waals surface area contributed by atoms with Gasteiger partial charge < -0.3 is 15.0 Å². The lowest BCUT2D eigenvalue weighted by Crippen LogP contribution is -2.53. The molecule has 0 unspecified atom stereocenters. The molecule has 8 nitrogen and oxygen atoms in total. The van der Waals surface area contributed by atoms with E-state index in [1.54, 1.807) is 42.5 Å². The molecule has 0 aliphatic heterocycles. The van der Waals surface area contributed by atoms with Gasteiger partial charge in [0.1, 0.15) is 18.3 Å². The molecular weight excluding hydrogens is 550 g/mol. The molecule has 3 rings (SSSR count). The predicted octanol–water partition coefficient (Wildman–Crippen LogP) is 4.67. The Morgan fingerprint density at radius 2 is 1.68 bits per heavy atom. The van der Waals surface area contributed by atoms with Crippen LogP contribution >= 0.6 is 11.6 Å². The fraction of sp³-hybridized carbons (Fsp3) is 0.333. The van der Waals surface area contributed by atoms with Crippen LogP contribution in [0.3, 0.4) is 0 Å². The number of carbonyl (C=O) groups is 2. The highest BCUT2D eigenvalue weighted by Crippen LogP contribution is 2.24. The number of methoxy groups -OCH3 is 1. The first kappa shape index (κ1) is 31.0. The summed E-state index contributed by atoms with van der Waals surface area (Å²) in [5, 5.41) is 3.45. The van der Waals surface area contributed by atoms with Crippen LogP contribution in [0.2, 0.25) is 5.02 Å². The van der Waals surface area contributed by atoms with Gasteiger partial charge in [-0.2, -0.15) is 0 Å². The van der Waals surface area contributed by atoms with Crippen molar-refractivity contribution < 1.29 is 22.7 Å². The van der Waals surface area contributed by atoms with Gasteiger partial charge in [-0.3, -0.25) is 13.9 Å². The van der Waals surface area contributed by atoms with E-state index < -0.39 is 28.5 Å². The summed E-state index contributed by atoms with van der Waals surface area (Å²) < 4.78 is 32.0. The molecule has 0 aliphatic rings. The number of unbranched alkanes of at least 4 members (excludes halogenated alkanes) is 1. The first-order valence-electron chi connectivity index (χ1n) is 13.1. The third-order valence-electron chi connectivity index (χ3n) is 6.36. The van der Waals surface area contributed by atoms with E-state index in [9.17, 15) is 18.0 Å². The van der Waals surface area contributed by atoms with Crippen molar-refractivity contribution in [1.29, 1.82) is 0 Å². The zero-order chi connectivity index (χ0) is 29.1. The average Bonchev–Trinajstić information content (AvgIpc) is 2.93. The standard InChI is InChI=1S/C30H36ClN3O5S/c1-4-5-17-32-30(36)28(19-23-11-7-6-8-12-23)33(21-24-13-9-14-25(31)18-24)29(35)22-34(40(3,37)38)26-15-10-16-27(20-26)39-2/h6-16,18,20,28H,4-5,17,19,21-22H2,1-3H3,(H,32,36)/t28-/m0/s1. The van der Waals surface area contributed by atoms with Crippen molar-refractivity contribution in [3.8, 4) is 5.75 Å². The number of rotatable bonds is 14. The second-order valence-corrected chi connectivity index (χ2v) is 11.8. The molecule has 40 heavy (non-hydrogen) atoms. The molecule has 10 heteroatoms. The van der Waals surface area contributed by atoms with Crippen molar-refractivity contribution in [2.24, 2.45) is 0 Å². The third-order valence-corrected chi connectivity index (χ3v) is 7.74. The monoisotopic (exact) mass is 585 g/mol. The van der Waals surface area contributed by atoms with Crippen molar-refractivity contribution in [1.82, 2.24) is 10.2 Å². The van der Waals surface area contributed by atoms with Crippen LogP contribution in [0, 0.1) is 0 Å². The lowest BCUT2D eigenvalue weighted by atomic mass is 10.0. The summed E-state index contributed by atoms with van der Waals surface area (Å²) in [7, 11) is -2.39. The molecular formula is C30H36ClN3O5S. The zero-order valence-electron chi connectivity index (χ0n) is 23.0. The van der Waals surface area contributed by atoms with E-state index in [0.717, 1.165) is 29.0 Å². The van der Waals surface area contributed by atoms with Gasteiger partial charge in [0.25, 0.3) is 0 Å². The van der Waals surface area contributed by atoms with Crippen LogP contribution in [0.25, 0.3) is 0 Å². The van der Waals surface area contributed by atoms with Gasteiger partial charge in [0, 0.05) is 30.6 Å². The smallest absolute Gasteiger partial charge is 0.244 e. The minimum absolute atomic E-state index is 0.0633. The highest BCUT2D eigenvalue weighted by molar-refractivity contribution is 7.92. The number of nitrogens with zero attached hydrogens (tertiary/aromatic N) is 2. The van der Waals surface area contributed by atoms with Gasteiger partial charge in [0.05, 0.1) is 19.1 Å². The Balaban J connectivity index is 2.04. The highest BCUT2D eigenvalue weighted by Gasteiger charge is 2.33. The predicted molar refractivity (Wildman–Crippen MR) is 159 cm³/mol. The molecule has 0 aromatic heterocycles. The van der Waals surface area contributed by atoms with Crippen molar-refractivity contribution in [3.05, 3.63) is 95.0 Å². The Kier molecular flexibility index (Phi) is 11.4. The molecule has 0 heterocycles. The minimum atomic E-state index is -3.86. The quantitative estimate of drug-likeness (QED) is 0.277. The van der Waals surface area contributed by atoms with E-state index in [1.165, 1.54) is 12.0 Å². The molecule has 214 valence electrons. The molecule has 3 aromatic rings. The van der Waals surface area contributed by atoms with Crippen LogP contribution in [-0.2, 0) is 32.6 Å². The summed E-state index contributed by atoms with van der Waals surface area (Å²) in [5.41, 5.74) is 1.87. The van der Waals surface area contributed by atoms with Crippen molar-refractivity contribution in [2.75, 3.05) is 30.8 Å². The summed E-state index contributed by atoms with van der Waals surface area (Å²) in [6.45, 7) is 2.06. The van der Waals surface area contributed by atoms with Gasteiger partial charge in [-0.1, -0.05) is 73.5 Å². The Hall–Kier alpha value is -3.56. The number of hydrogen-bond donors (Lipinski definition) is 1. The molecule has 0 bridgehead atoms. The van der Waals surface area contributed by atoms with E-state index in [4.69, 9.17) is 16.3 Å². The molecule has 3 aromatic carbocycles. The maximum absolute atomic E-state index is 14.1. The summed E-state index contributed by atoms with van der Waals surface area (Å²) in [4.78, 5) is 29.1. The number of carbonyl (C=O) groups excluding carboxylic acids is 2. The zero-order valence-corrected chi connectivity index (χ0v) is 24.6. The number of anilines is 1. The van der Waals surface area contributed by atoms with Gasteiger partial charge in [-0.05, 0) is 41.8 Å². The molecule has 1 N–H and O–H groups in total. The van der Waals surface area contributed by atoms with Crippen molar-refractivity contribution in [3.63, 3.8) is 0 Å². The molecule has 0 radical (unpaired) electrons. The van der Waals surface area contributed by atoms with Crippen molar-refractivity contribution in [2.45, 2.75) is 38.8 Å². The Bertz CT molecular complexity index is 1380. The number of sulfonamides is 1. The van der Waals surface area contributed by atoms with Crippen LogP contribution in [0.5, 0.6) is 5.75 Å². The summed E-state index contributed by atoms with van der Waals surface area (Å²) in [5.74, 6) is -0.383. The summed E-state index contributed by atoms with van der Waals surface area (Å²) >= 11 is 6.23. The van der Waals surface area contributed by atoms with Gasteiger partial charge in [0.15, 0.2) is 0 Å². The SMILES string of the molecule is CCCCNC(=O)[C@H](Cc1ccccc1)N(Cc1cccc(Cl)c1)C(=O)CN(c1cccc(OC)c1)S(C)(=O)=O. The Labute approximate surface area is 241 Å². The first-order chi connectivity index (χ1) is 19.1. The summed E-state index contributed by atoms with van der Waals surface area (Å²) in [6, 6.07) is 22.1. The topological polar surface area (TPSA) is 96.0 Å². The van der Waals surface area contributed by atoms with Crippen LogP contribution in [0.1, 0.15) is 30.9 Å². The minimum Gasteiger partial charge on any atom is -0.497 e. The van der Waals surface area contributed by atoms with Gasteiger partial charge in [-0.25, -0.2) is 8.42 Å². The number of benzene rings is 3. The number of nitrogens with one attached hydrogen (secondary N) is 1. The maximum Gasteiger partial charge on any atom is 0.244 e. The highest BCUT2D eigenvalue weighted by atomic mass is 35.5. The fourth-order valence-electron chi connectivity index (χ4n) is 4.27. The van der Waals surface area contributed by atoms with Crippen LogP contribution in [0.15, 0.2) is 78.9 Å². The van der Waals surface area contributed by atoms with Gasteiger partial charge in [-0.15, -0.1) is 0 Å². The lowest BCUT2D eigenvalue weighted by Gasteiger charge is -2.33. The largest absolute Gasteiger partial charge is 0.497 e. The van der Waals surface area contributed by atoms with E-state index >= 15 is 0 Å². The van der Waals surface area contributed by atoms with E-state index in [1.807, 2.05) is 43.3 Å². The number of halogens is 1. The Morgan fingerprint density at radius 3 is 2.33 bits per heavy atom. The molecule has 0 saturated carbocycles. The lowest BCUT2D eigenvalue weighted by molar-refractivity contribution is -0.140.